The molecule has 21 heavy (non-hydrogen) atoms. The molecule has 1 heterocycles. The Morgan fingerprint density at radius 2 is 1.76 bits per heavy atom. The number of hydrogen-bond donors (Lipinski definition) is 2. The molecule has 0 atom stereocenters. The Bertz CT molecular complexity index is 567. The van der Waals surface area contributed by atoms with Gasteiger partial charge in [-0.15, -0.1) is 0 Å². The summed E-state index contributed by atoms with van der Waals surface area (Å²) in [5, 5.41) is 18.2. The van der Waals surface area contributed by atoms with E-state index in [0.717, 1.165) is 29.7 Å². The fourth-order valence-corrected chi connectivity index (χ4v) is 2.12. The van der Waals surface area contributed by atoms with Crippen molar-refractivity contribution >= 4 is 0 Å². The zero-order valence-corrected chi connectivity index (χ0v) is 12.2. The molecule has 0 saturated heterocycles. The highest BCUT2D eigenvalue weighted by molar-refractivity contribution is 5.32. The smallest absolute Gasteiger partial charge is 0.219 e. The predicted molar refractivity (Wildman–Crippen MR) is 81.5 cm³/mol. The minimum atomic E-state index is -0.0228. The third-order valence-corrected chi connectivity index (χ3v) is 3.15. The van der Waals surface area contributed by atoms with Gasteiger partial charge in [0.15, 0.2) is 0 Å². The van der Waals surface area contributed by atoms with Gasteiger partial charge < -0.3 is 14.9 Å². The van der Waals surface area contributed by atoms with Gasteiger partial charge in [-0.25, -0.2) is 4.98 Å². The third-order valence-electron chi connectivity index (χ3n) is 3.15. The maximum atomic E-state index is 9.31. The van der Waals surface area contributed by atoms with E-state index >= 15 is 0 Å². The lowest BCUT2D eigenvalue weighted by Crippen LogP contribution is -1.97. The first-order valence-electron chi connectivity index (χ1n) is 7.23. The molecule has 0 fully saturated rings. The first-order chi connectivity index (χ1) is 10.2. The highest BCUT2D eigenvalue weighted by Gasteiger charge is 2.05. The number of hydrogen-bond acceptors (Lipinski definition) is 4. The molecule has 0 aliphatic carbocycles. The lowest BCUT2D eigenvalue weighted by Gasteiger charge is -2.09. The normalized spacial score (nSPS) is 10.6. The summed E-state index contributed by atoms with van der Waals surface area (Å²) in [6.07, 6.45) is 2.50. The fraction of sp³-hybridized carbons (Fsp3) is 0.353. The van der Waals surface area contributed by atoms with E-state index in [1.807, 2.05) is 30.3 Å². The maximum Gasteiger partial charge on any atom is 0.219 e. The zero-order valence-electron chi connectivity index (χ0n) is 12.2. The molecule has 2 aromatic rings. The molecule has 0 spiro atoms. The lowest BCUT2D eigenvalue weighted by atomic mass is 10.1. The van der Waals surface area contributed by atoms with Crippen molar-refractivity contribution in [3.63, 3.8) is 0 Å². The van der Waals surface area contributed by atoms with Gasteiger partial charge in [0.25, 0.3) is 0 Å². The highest BCUT2D eigenvalue weighted by Crippen LogP contribution is 2.22. The number of nitrogens with zero attached hydrogens (tertiary/aromatic N) is 1. The summed E-state index contributed by atoms with van der Waals surface area (Å²) >= 11 is 0. The number of benzene rings is 1. The van der Waals surface area contributed by atoms with E-state index in [4.69, 9.17) is 9.84 Å². The second-order valence-corrected chi connectivity index (χ2v) is 4.93. The number of aliphatic hydroxyl groups is 2. The summed E-state index contributed by atoms with van der Waals surface area (Å²) in [5.41, 5.74) is 2.80. The van der Waals surface area contributed by atoms with Gasteiger partial charge in [-0.2, -0.15) is 0 Å². The number of rotatable bonds is 7. The van der Waals surface area contributed by atoms with Crippen molar-refractivity contribution in [2.75, 3.05) is 6.61 Å². The summed E-state index contributed by atoms with van der Waals surface area (Å²) in [4.78, 5) is 4.45. The van der Waals surface area contributed by atoms with Gasteiger partial charge in [-0.1, -0.05) is 25.5 Å². The van der Waals surface area contributed by atoms with Crippen LogP contribution in [0.1, 0.15) is 30.2 Å². The van der Waals surface area contributed by atoms with E-state index in [1.54, 1.807) is 6.07 Å². The summed E-state index contributed by atoms with van der Waals surface area (Å²) in [5.74, 6) is 1.20. The minimum absolute atomic E-state index is 0.0228. The van der Waals surface area contributed by atoms with Crippen molar-refractivity contribution in [3.8, 4) is 11.6 Å². The summed E-state index contributed by atoms with van der Waals surface area (Å²) in [6, 6.07) is 11.2. The van der Waals surface area contributed by atoms with Crippen molar-refractivity contribution in [2.24, 2.45) is 0 Å². The van der Waals surface area contributed by atoms with Crippen LogP contribution in [0.15, 0.2) is 36.4 Å². The standard InChI is InChI=1S/C17H21NO3/c1-2-3-15-10-14(12-20)11-17(18-15)21-16-6-4-13(5-7-16)8-9-19/h4-7,10-11,19-20H,2-3,8-9,12H2,1H3. The van der Waals surface area contributed by atoms with Crippen LogP contribution in [-0.4, -0.2) is 21.8 Å². The second kappa shape index (κ2) is 7.76. The summed E-state index contributed by atoms with van der Waals surface area (Å²) in [7, 11) is 0. The van der Waals surface area contributed by atoms with Crippen molar-refractivity contribution in [3.05, 3.63) is 53.2 Å². The van der Waals surface area contributed by atoms with Gasteiger partial charge in [0, 0.05) is 18.4 Å². The average Bonchev–Trinajstić information content (AvgIpc) is 2.49. The monoisotopic (exact) mass is 287 g/mol. The van der Waals surface area contributed by atoms with E-state index in [9.17, 15) is 5.11 Å². The van der Waals surface area contributed by atoms with Gasteiger partial charge >= 0.3 is 0 Å². The van der Waals surface area contributed by atoms with Gasteiger partial charge in [0.2, 0.25) is 5.88 Å². The average molecular weight is 287 g/mol. The molecule has 4 nitrogen and oxygen atoms in total. The van der Waals surface area contributed by atoms with Crippen LogP contribution in [-0.2, 0) is 19.4 Å². The maximum absolute atomic E-state index is 9.31. The molecule has 0 unspecified atom stereocenters. The van der Waals surface area contributed by atoms with Gasteiger partial charge in [-0.05, 0) is 42.2 Å². The van der Waals surface area contributed by atoms with Crippen molar-refractivity contribution < 1.29 is 14.9 Å². The fourth-order valence-electron chi connectivity index (χ4n) is 2.12. The molecule has 2 rings (SSSR count). The molecule has 0 amide bonds. The first kappa shape index (κ1) is 15.5. The Morgan fingerprint density at radius 1 is 1.00 bits per heavy atom. The van der Waals surface area contributed by atoms with Crippen LogP contribution in [0.4, 0.5) is 0 Å². The molecule has 0 saturated carbocycles. The Kier molecular flexibility index (Phi) is 5.72. The Morgan fingerprint density at radius 3 is 2.38 bits per heavy atom. The predicted octanol–water partition coefficient (Wildman–Crippen LogP) is 2.85. The number of aliphatic hydroxyl groups excluding tert-OH is 2. The quantitative estimate of drug-likeness (QED) is 0.822. The van der Waals surface area contributed by atoms with E-state index in [-0.39, 0.29) is 13.2 Å². The number of aryl methyl sites for hydroxylation is 1. The topological polar surface area (TPSA) is 62.6 Å². The van der Waals surface area contributed by atoms with Crippen molar-refractivity contribution in [1.29, 1.82) is 0 Å². The molecule has 0 aliphatic rings. The van der Waals surface area contributed by atoms with E-state index in [2.05, 4.69) is 11.9 Å². The molecule has 2 N–H and O–H groups in total. The molecule has 0 bridgehead atoms. The van der Waals surface area contributed by atoms with Crippen LogP contribution in [0.3, 0.4) is 0 Å². The van der Waals surface area contributed by atoms with E-state index in [1.165, 1.54) is 0 Å². The largest absolute Gasteiger partial charge is 0.439 e. The van der Waals surface area contributed by atoms with Crippen LogP contribution in [0.25, 0.3) is 0 Å². The van der Waals surface area contributed by atoms with Crippen molar-refractivity contribution in [2.45, 2.75) is 32.8 Å². The minimum Gasteiger partial charge on any atom is -0.439 e. The number of pyridine rings is 1. The molecule has 0 aliphatic heterocycles. The summed E-state index contributed by atoms with van der Waals surface area (Å²) < 4.78 is 5.76. The molecular formula is C17H21NO3. The number of aromatic nitrogens is 1. The third kappa shape index (κ3) is 4.55. The molecule has 0 radical (unpaired) electrons. The first-order valence-corrected chi connectivity index (χ1v) is 7.23. The number of ether oxygens (including phenoxy) is 1. The van der Waals surface area contributed by atoms with Crippen LogP contribution in [0.2, 0.25) is 0 Å². The molecular weight excluding hydrogens is 266 g/mol. The Hall–Kier alpha value is -1.91. The van der Waals surface area contributed by atoms with E-state index < -0.39 is 0 Å². The van der Waals surface area contributed by atoms with Crippen LogP contribution in [0.5, 0.6) is 11.6 Å². The van der Waals surface area contributed by atoms with E-state index in [0.29, 0.717) is 18.1 Å². The van der Waals surface area contributed by atoms with Gasteiger partial charge in [-0.3, -0.25) is 0 Å². The molecule has 112 valence electrons. The van der Waals surface area contributed by atoms with Gasteiger partial charge in [0.05, 0.1) is 6.61 Å². The van der Waals surface area contributed by atoms with Crippen molar-refractivity contribution in [1.82, 2.24) is 4.98 Å². The Balaban J connectivity index is 2.15. The lowest BCUT2D eigenvalue weighted by molar-refractivity contribution is 0.280. The molecule has 1 aromatic carbocycles. The SMILES string of the molecule is CCCc1cc(CO)cc(Oc2ccc(CCO)cc2)n1. The summed E-state index contributed by atoms with van der Waals surface area (Å²) in [6.45, 7) is 2.21. The second-order valence-electron chi connectivity index (χ2n) is 4.93. The Labute approximate surface area is 125 Å². The van der Waals surface area contributed by atoms with Crippen LogP contribution < -0.4 is 4.74 Å². The van der Waals surface area contributed by atoms with Crippen LogP contribution in [0, 0.1) is 0 Å². The van der Waals surface area contributed by atoms with Crippen LogP contribution >= 0.6 is 0 Å². The molecule has 1 aromatic heterocycles. The van der Waals surface area contributed by atoms with Gasteiger partial charge in [0.1, 0.15) is 5.75 Å². The highest BCUT2D eigenvalue weighted by atomic mass is 16.5. The molecule has 4 heteroatoms. The zero-order chi connectivity index (χ0) is 15.1.